The van der Waals surface area contributed by atoms with E-state index in [0.29, 0.717) is 17.1 Å². The smallest absolute Gasteiger partial charge is 0.185 e. The number of halogens is 1. The van der Waals surface area contributed by atoms with Gasteiger partial charge in [0, 0.05) is 15.6 Å². The Morgan fingerprint density at radius 2 is 1.76 bits per heavy atom. The van der Waals surface area contributed by atoms with Crippen molar-refractivity contribution in [3.8, 4) is 11.5 Å². The zero-order valence-corrected chi connectivity index (χ0v) is 13.4. The first-order valence-electron chi connectivity index (χ1n) is 6.34. The summed E-state index contributed by atoms with van der Waals surface area (Å²) >= 11 is 3.35. The first-order chi connectivity index (χ1) is 10.1. The minimum atomic E-state index is -0.0626. The molecule has 0 spiro atoms. The van der Waals surface area contributed by atoms with Gasteiger partial charge in [0.1, 0.15) is 11.5 Å². The highest BCUT2D eigenvalue weighted by Gasteiger charge is 2.04. The van der Waals surface area contributed by atoms with Crippen LogP contribution in [0.25, 0.3) is 6.08 Å². The highest BCUT2D eigenvalue weighted by atomic mass is 79.9. The SMILES string of the molecule is COc1ccc(OC)c(C=CC(=O)c2ccc(Br)cc2)c1. The molecule has 0 N–H and O–H groups in total. The number of hydrogen-bond donors (Lipinski definition) is 0. The normalized spacial score (nSPS) is 10.6. The summed E-state index contributed by atoms with van der Waals surface area (Å²) in [6, 6.07) is 12.7. The number of hydrogen-bond acceptors (Lipinski definition) is 3. The van der Waals surface area contributed by atoms with Crippen molar-refractivity contribution >= 4 is 27.8 Å². The lowest BCUT2D eigenvalue weighted by molar-refractivity contribution is 0.104. The van der Waals surface area contributed by atoms with E-state index in [1.165, 1.54) is 6.08 Å². The van der Waals surface area contributed by atoms with Gasteiger partial charge in [-0.2, -0.15) is 0 Å². The summed E-state index contributed by atoms with van der Waals surface area (Å²) in [5, 5.41) is 0. The second-order valence-corrected chi connectivity index (χ2v) is 5.23. The van der Waals surface area contributed by atoms with E-state index in [-0.39, 0.29) is 5.78 Å². The van der Waals surface area contributed by atoms with Gasteiger partial charge in [0.2, 0.25) is 0 Å². The number of ketones is 1. The third-order valence-electron chi connectivity index (χ3n) is 2.98. The van der Waals surface area contributed by atoms with Crippen LogP contribution in [-0.2, 0) is 0 Å². The van der Waals surface area contributed by atoms with Crippen molar-refractivity contribution in [1.82, 2.24) is 0 Å². The van der Waals surface area contributed by atoms with E-state index < -0.39 is 0 Å². The molecule has 0 unspecified atom stereocenters. The molecular formula is C17H15BrO3. The molecule has 3 nitrogen and oxygen atoms in total. The lowest BCUT2D eigenvalue weighted by Gasteiger charge is -2.07. The van der Waals surface area contributed by atoms with Crippen LogP contribution in [-0.4, -0.2) is 20.0 Å². The van der Waals surface area contributed by atoms with E-state index in [2.05, 4.69) is 15.9 Å². The fraction of sp³-hybridized carbons (Fsp3) is 0.118. The molecule has 2 rings (SSSR count). The van der Waals surface area contributed by atoms with Gasteiger partial charge < -0.3 is 9.47 Å². The minimum absolute atomic E-state index is 0.0626. The molecule has 4 heteroatoms. The molecule has 0 bridgehead atoms. The topological polar surface area (TPSA) is 35.5 Å². The molecule has 0 saturated carbocycles. The third kappa shape index (κ3) is 3.95. The van der Waals surface area contributed by atoms with E-state index in [0.717, 1.165) is 10.0 Å². The number of rotatable bonds is 5. The van der Waals surface area contributed by atoms with Crippen molar-refractivity contribution < 1.29 is 14.3 Å². The Morgan fingerprint density at radius 1 is 1.05 bits per heavy atom. The fourth-order valence-corrected chi connectivity index (χ4v) is 2.11. The molecule has 2 aromatic carbocycles. The average Bonchev–Trinajstić information content (AvgIpc) is 2.52. The highest BCUT2D eigenvalue weighted by molar-refractivity contribution is 9.10. The van der Waals surface area contributed by atoms with E-state index in [4.69, 9.17) is 9.47 Å². The van der Waals surface area contributed by atoms with E-state index in [1.807, 2.05) is 30.3 Å². The van der Waals surface area contributed by atoms with Crippen LogP contribution in [0.3, 0.4) is 0 Å². The number of methoxy groups -OCH3 is 2. The van der Waals surface area contributed by atoms with Gasteiger partial charge in [-0.3, -0.25) is 4.79 Å². The maximum absolute atomic E-state index is 12.1. The number of benzene rings is 2. The summed E-state index contributed by atoms with van der Waals surface area (Å²) in [4.78, 5) is 12.1. The molecule has 0 aromatic heterocycles. The number of carbonyl (C=O) groups is 1. The van der Waals surface area contributed by atoms with Gasteiger partial charge in [0.25, 0.3) is 0 Å². The van der Waals surface area contributed by atoms with Crippen LogP contribution in [0.1, 0.15) is 15.9 Å². The Morgan fingerprint density at radius 3 is 2.38 bits per heavy atom. The van der Waals surface area contributed by atoms with Crippen LogP contribution in [0.15, 0.2) is 53.0 Å². The molecule has 0 heterocycles. The van der Waals surface area contributed by atoms with Crippen LogP contribution in [0, 0.1) is 0 Å². The molecule has 2 aromatic rings. The van der Waals surface area contributed by atoms with Crippen LogP contribution in [0.4, 0.5) is 0 Å². The summed E-state index contributed by atoms with van der Waals surface area (Å²) < 4.78 is 11.4. The summed E-state index contributed by atoms with van der Waals surface area (Å²) in [6.07, 6.45) is 3.26. The van der Waals surface area contributed by atoms with Gasteiger partial charge in [0.05, 0.1) is 14.2 Å². The second-order valence-electron chi connectivity index (χ2n) is 4.31. The second kappa shape index (κ2) is 7.09. The van der Waals surface area contributed by atoms with E-state index in [9.17, 15) is 4.79 Å². The highest BCUT2D eigenvalue weighted by Crippen LogP contribution is 2.25. The molecular weight excluding hydrogens is 332 g/mol. The van der Waals surface area contributed by atoms with Crippen molar-refractivity contribution in [2.24, 2.45) is 0 Å². The molecule has 0 radical (unpaired) electrons. The van der Waals surface area contributed by atoms with E-state index >= 15 is 0 Å². The predicted molar refractivity (Wildman–Crippen MR) is 87.1 cm³/mol. The van der Waals surface area contributed by atoms with Crippen molar-refractivity contribution in [2.75, 3.05) is 14.2 Å². The minimum Gasteiger partial charge on any atom is -0.497 e. The summed E-state index contributed by atoms with van der Waals surface area (Å²) in [7, 11) is 3.19. The maximum atomic E-state index is 12.1. The molecule has 0 aliphatic rings. The quantitative estimate of drug-likeness (QED) is 0.595. The van der Waals surface area contributed by atoms with Crippen molar-refractivity contribution in [3.63, 3.8) is 0 Å². The van der Waals surface area contributed by atoms with Gasteiger partial charge in [-0.25, -0.2) is 0 Å². The average molecular weight is 347 g/mol. The van der Waals surface area contributed by atoms with Gasteiger partial charge >= 0.3 is 0 Å². The van der Waals surface area contributed by atoms with Gasteiger partial charge in [0.15, 0.2) is 5.78 Å². The molecule has 0 aliphatic carbocycles. The first-order valence-corrected chi connectivity index (χ1v) is 7.13. The Balaban J connectivity index is 2.24. The first kappa shape index (κ1) is 15.3. The molecule has 0 aliphatic heterocycles. The molecule has 21 heavy (non-hydrogen) atoms. The van der Waals surface area contributed by atoms with Crippen molar-refractivity contribution in [3.05, 3.63) is 64.1 Å². The van der Waals surface area contributed by atoms with Crippen LogP contribution in [0.5, 0.6) is 11.5 Å². The Hall–Kier alpha value is -2.07. The summed E-state index contributed by atoms with van der Waals surface area (Å²) in [5.74, 6) is 1.34. The molecule has 108 valence electrons. The Labute approximate surface area is 132 Å². The fourth-order valence-electron chi connectivity index (χ4n) is 1.85. The zero-order chi connectivity index (χ0) is 15.2. The summed E-state index contributed by atoms with van der Waals surface area (Å²) in [6.45, 7) is 0. The lowest BCUT2D eigenvalue weighted by atomic mass is 10.1. The Bertz CT molecular complexity index is 660. The van der Waals surface area contributed by atoms with Gasteiger partial charge in [-0.1, -0.05) is 15.9 Å². The van der Waals surface area contributed by atoms with Gasteiger partial charge in [-0.15, -0.1) is 0 Å². The zero-order valence-electron chi connectivity index (χ0n) is 11.8. The molecule has 0 amide bonds. The van der Waals surface area contributed by atoms with Gasteiger partial charge in [-0.05, 0) is 54.6 Å². The number of allylic oxidation sites excluding steroid dienone is 1. The number of ether oxygens (including phenoxy) is 2. The van der Waals surface area contributed by atoms with E-state index in [1.54, 1.807) is 32.4 Å². The predicted octanol–water partition coefficient (Wildman–Crippen LogP) is 4.36. The van der Waals surface area contributed by atoms with Crippen LogP contribution >= 0.6 is 15.9 Å². The van der Waals surface area contributed by atoms with Crippen LogP contribution in [0.2, 0.25) is 0 Å². The monoisotopic (exact) mass is 346 g/mol. The molecule has 0 atom stereocenters. The largest absolute Gasteiger partial charge is 0.497 e. The molecule has 0 saturated heterocycles. The summed E-state index contributed by atoms with van der Waals surface area (Å²) in [5.41, 5.74) is 1.43. The Kier molecular flexibility index (Phi) is 5.17. The van der Waals surface area contributed by atoms with Crippen molar-refractivity contribution in [1.29, 1.82) is 0 Å². The lowest BCUT2D eigenvalue weighted by Crippen LogP contribution is -1.94. The maximum Gasteiger partial charge on any atom is 0.185 e. The number of carbonyl (C=O) groups excluding carboxylic acids is 1. The van der Waals surface area contributed by atoms with Crippen LogP contribution < -0.4 is 9.47 Å². The molecule has 0 fully saturated rings. The standard InChI is InChI=1S/C17H15BrO3/c1-20-15-8-10-17(21-2)13(11-15)5-9-16(19)12-3-6-14(18)7-4-12/h3-11H,1-2H3. The van der Waals surface area contributed by atoms with Crippen molar-refractivity contribution in [2.45, 2.75) is 0 Å². The third-order valence-corrected chi connectivity index (χ3v) is 3.51.